The fraction of sp³-hybridized carbons (Fsp3) is 1.00. The van der Waals surface area contributed by atoms with Crippen molar-refractivity contribution in [1.82, 2.24) is 4.84 Å². The Hall–Kier alpha value is 0.160. The van der Waals surface area contributed by atoms with Gasteiger partial charge >= 0.3 is 0 Å². The van der Waals surface area contributed by atoms with E-state index in [1.807, 2.05) is 0 Å². The van der Waals surface area contributed by atoms with Crippen LogP contribution in [0.25, 0.3) is 0 Å². The molecule has 0 aromatic heterocycles. The van der Waals surface area contributed by atoms with Gasteiger partial charge in [-0.15, -0.1) is 0 Å². The van der Waals surface area contributed by atoms with E-state index >= 15 is 0 Å². The smallest absolute Gasteiger partial charge is 0.268 e. The lowest BCUT2D eigenvalue weighted by molar-refractivity contribution is 0.338. The maximum Gasteiger partial charge on any atom is 0.268 e. The Labute approximate surface area is 65.7 Å². The van der Waals surface area contributed by atoms with Crippen LogP contribution in [-0.4, -0.2) is 27.3 Å². The van der Waals surface area contributed by atoms with Gasteiger partial charge in [0.15, 0.2) is 0 Å². The zero-order valence-corrected chi connectivity index (χ0v) is 7.20. The molecule has 0 aliphatic rings. The van der Waals surface area contributed by atoms with E-state index in [9.17, 15) is 8.42 Å². The minimum absolute atomic E-state index is 0.0929. The Bertz CT molecular complexity index is 167. The first kappa shape index (κ1) is 10.2. The van der Waals surface area contributed by atoms with E-state index in [0.29, 0.717) is 0 Å². The molecule has 0 spiro atoms. The van der Waals surface area contributed by atoms with Crippen LogP contribution in [0.1, 0.15) is 6.92 Å². The van der Waals surface area contributed by atoms with Gasteiger partial charge < -0.3 is 0 Å². The Morgan fingerprint density at radius 2 is 2.20 bits per heavy atom. The van der Waals surface area contributed by atoms with Crippen LogP contribution in [0.5, 0.6) is 0 Å². The molecule has 6 heteroatoms. The van der Waals surface area contributed by atoms with Crippen LogP contribution in [0, 0.1) is 0 Å². The average molecular weight is 188 g/mol. The van der Waals surface area contributed by atoms with Crippen molar-refractivity contribution in [3.05, 3.63) is 0 Å². The zero-order chi connectivity index (χ0) is 8.04. The third kappa shape index (κ3) is 4.99. The Balaban J connectivity index is 3.65. The summed E-state index contributed by atoms with van der Waals surface area (Å²) >= 11 is 5.04. The van der Waals surface area contributed by atoms with Crippen LogP contribution in [0.15, 0.2) is 0 Å². The van der Waals surface area contributed by atoms with Crippen LogP contribution in [0.4, 0.5) is 0 Å². The van der Waals surface area contributed by atoms with Crippen LogP contribution in [0.3, 0.4) is 0 Å². The maximum atomic E-state index is 10.7. The van der Waals surface area contributed by atoms with E-state index in [-0.39, 0.29) is 18.9 Å². The van der Waals surface area contributed by atoms with E-state index in [1.165, 1.54) is 0 Å². The largest absolute Gasteiger partial charge is 0.270 e. The topological polar surface area (TPSA) is 55.4 Å². The summed E-state index contributed by atoms with van der Waals surface area (Å²) in [7, 11) is -3.34. The van der Waals surface area contributed by atoms with E-state index in [2.05, 4.69) is 9.02 Å². The first-order chi connectivity index (χ1) is 4.62. The van der Waals surface area contributed by atoms with Crippen molar-refractivity contribution in [2.75, 3.05) is 18.9 Å². The summed E-state index contributed by atoms with van der Waals surface area (Å²) in [5.74, 6) is -0.0929. The minimum atomic E-state index is -3.34. The van der Waals surface area contributed by atoms with Crippen molar-refractivity contribution in [2.45, 2.75) is 6.92 Å². The van der Waals surface area contributed by atoms with Gasteiger partial charge in [0.1, 0.15) is 0 Å². The second kappa shape index (κ2) is 4.90. The number of hydrogen-bond donors (Lipinski definition) is 1. The molecule has 0 heterocycles. The van der Waals surface area contributed by atoms with Crippen LogP contribution in [-0.2, 0) is 14.3 Å². The van der Waals surface area contributed by atoms with Gasteiger partial charge in [-0.25, -0.2) is 4.84 Å². The highest BCUT2D eigenvalue weighted by Gasteiger charge is 2.07. The molecular formula is C4H10ClNO3S. The summed E-state index contributed by atoms with van der Waals surface area (Å²) in [6, 6.07) is 0. The summed E-state index contributed by atoms with van der Waals surface area (Å²) in [5, 5.41) is 0. The standard InChI is InChI=1S/C4H10ClNO3S/c1-2-9-10(7,8)4-3-6-5/h6H,2-4H2,1H3. The molecule has 0 aliphatic carbocycles. The van der Waals surface area contributed by atoms with Crippen molar-refractivity contribution in [3.63, 3.8) is 0 Å². The molecule has 0 aromatic rings. The fourth-order valence-electron chi connectivity index (χ4n) is 0.402. The first-order valence-electron chi connectivity index (χ1n) is 2.83. The second-order valence-electron chi connectivity index (χ2n) is 1.55. The molecule has 0 fully saturated rings. The lowest BCUT2D eigenvalue weighted by Gasteiger charge is -2.00. The summed E-state index contributed by atoms with van der Waals surface area (Å²) in [4.78, 5) is 2.20. The summed E-state index contributed by atoms with van der Waals surface area (Å²) in [5.41, 5.74) is 0. The van der Waals surface area contributed by atoms with Crippen molar-refractivity contribution in [1.29, 1.82) is 0 Å². The monoisotopic (exact) mass is 187 g/mol. The molecule has 0 saturated heterocycles. The number of nitrogens with one attached hydrogen (secondary N) is 1. The number of hydrogen-bond acceptors (Lipinski definition) is 4. The third-order valence-electron chi connectivity index (χ3n) is 0.744. The SMILES string of the molecule is CCOS(=O)(=O)CCNCl. The van der Waals surface area contributed by atoms with Gasteiger partial charge in [0.25, 0.3) is 10.1 Å². The molecule has 10 heavy (non-hydrogen) atoms. The number of halogens is 1. The van der Waals surface area contributed by atoms with Gasteiger partial charge in [-0.3, -0.25) is 4.18 Å². The van der Waals surface area contributed by atoms with Crippen LogP contribution in [0.2, 0.25) is 0 Å². The average Bonchev–Trinajstić information content (AvgIpc) is 1.84. The summed E-state index contributed by atoms with van der Waals surface area (Å²) < 4.78 is 25.7. The lowest BCUT2D eigenvalue weighted by Crippen LogP contribution is -2.18. The molecule has 0 aliphatic heterocycles. The molecule has 62 valence electrons. The highest BCUT2D eigenvalue weighted by molar-refractivity contribution is 7.86. The molecule has 0 atom stereocenters. The van der Waals surface area contributed by atoms with Gasteiger partial charge in [0, 0.05) is 6.54 Å². The Morgan fingerprint density at radius 1 is 1.60 bits per heavy atom. The van der Waals surface area contributed by atoms with E-state index in [0.717, 1.165) is 0 Å². The molecule has 0 unspecified atom stereocenters. The second-order valence-corrected chi connectivity index (χ2v) is 3.58. The van der Waals surface area contributed by atoms with Gasteiger partial charge in [0.2, 0.25) is 0 Å². The molecule has 0 saturated carbocycles. The molecule has 0 radical (unpaired) electrons. The van der Waals surface area contributed by atoms with Crippen LogP contribution < -0.4 is 4.84 Å². The van der Waals surface area contributed by atoms with E-state index in [4.69, 9.17) is 11.8 Å². The minimum Gasteiger partial charge on any atom is -0.270 e. The van der Waals surface area contributed by atoms with Gasteiger partial charge in [-0.2, -0.15) is 8.42 Å². The van der Waals surface area contributed by atoms with Crippen molar-refractivity contribution < 1.29 is 12.6 Å². The summed E-state index contributed by atoms with van der Waals surface area (Å²) in [6.07, 6.45) is 0. The predicted molar refractivity (Wildman–Crippen MR) is 39.3 cm³/mol. The zero-order valence-electron chi connectivity index (χ0n) is 5.63. The molecule has 0 rings (SSSR count). The van der Waals surface area contributed by atoms with Crippen molar-refractivity contribution >= 4 is 21.9 Å². The summed E-state index contributed by atoms with van der Waals surface area (Å²) in [6.45, 7) is 1.99. The first-order valence-corrected chi connectivity index (χ1v) is 4.78. The van der Waals surface area contributed by atoms with Gasteiger partial charge in [-0.1, -0.05) is 0 Å². The molecule has 0 aromatic carbocycles. The van der Waals surface area contributed by atoms with Gasteiger partial charge in [0.05, 0.1) is 12.4 Å². The molecular weight excluding hydrogens is 178 g/mol. The molecule has 0 bridgehead atoms. The van der Waals surface area contributed by atoms with Crippen LogP contribution >= 0.6 is 11.8 Å². The van der Waals surface area contributed by atoms with Crippen molar-refractivity contribution in [3.8, 4) is 0 Å². The van der Waals surface area contributed by atoms with Crippen molar-refractivity contribution in [2.24, 2.45) is 0 Å². The molecule has 0 amide bonds. The highest BCUT2D eigenvalue weighted by Crippen LogP contribution is 1.90. The van der Waals surface area contributed by atoms with E-state index < -0.39 is 10.1 Å². The Morgan fingerprint density at radius 3 is 2.60 bits per heavy atom. The fourth-order valence-corrected chi connectivity index (χ4v) is 1.44. The molecule has 4 nitrogen and oxygen atoms in total. The predicted octanol–water partition coefficient (Wildman–Crippen LogP) is 0.0961. The number of rotatable bonds is 5. The Kier molecular flexibility index (Phi) is 4.98. The maximum absolute atomic E-state index is 10.7. The normalized spacial score (nSPS) is 11.8. The van der Waals surface area contributed by atoms with Gasteiger partial charge in [-0.05, 0) is 18.7 Å². The van der Waals surface area contributed by atoms with E-state index in [1.54, 1.807) is 6.92 Å². The lowest BCUT2D eigenvalue weighted by atomic mass is 10.8. The quantitative estimate of drug-likeness (QED) is 0.490. The molecule has 1 N–H and O–H groups in total. The highest BCUT2D eigenvalue weighted by atomic mass is 35.5. The third-order valence-corrected chi connectivity index (χ3v) is 2.23.